The van der Waals surface area contributed by atoms with Crippen molar-refractivity contribution in [2.24, 2.45) is 0 Å². The van der Waals surface area contributed by atoms with Crippen LogP contribution in [0.3, 0.4) is 0 Å². The highest BCUT2D eigenvalue weighted by Gasteiger charge is 2.20. The number of halogens is 2. The average molecular weight is 382 g/mol. The number of hydrogen-bond acceptors (Lipinski definition) is 5. The molecule has 140 valence electrons. The maximum Gasteiger partial charge on any atom is 0.254 e. The molecule has 0 saturated carbocycles. The maximum absolute atomic E-state index is 13.8. The first-order valence-corrected chi connectivity index (χ1v) is 9.36. The van der Waals surface area contributed by atoms with E-state index in [0.717, 1.165) is 55.4 Å². The Balaban J connectivity index is 1.56. The minimum atomic E-state index is -0.668. The zero-order valence-electron chi connectivity index (χ0n) is 14.3. The molecule has 1 aliphatic heterocycles. The van der Waals surface area contributed by atoms with Crippen LogP contribution in [0.15, 0.2) is 23.6 Å². The Hall–Kier alpha value is -1.90. The fourth-order valence-corrected chi connectivity index (χ4v) is 3.34. The highest BCUT2D eigenvalue weighted by atomic mass is 32.1. The molecule has 8 heteroatoms. The summed E-state index contributed by atoms with van der Waals surface area (Å²) in [5.41, 5.74) is 0.326. The number of aromatic nitrogens is 1. The van der Waals surface area contributed by atoms with Crippen LogP contribution in [0, 0.1) is 11.6 Å². The van der Waals surface area contributed by atoms with E-state index < -0.39 is 17.7 Å². The van der Waals surface area contributed by atoms with E-state index in [1.807, 2.05) is 0 Å². The van der Waals surface area contributed by atoms with Gasteiger partial charge in [0.05, 0.1) is 18.4 Å². The van der Waals surface area contributed by atoms with Gasteiger partial charge in [0.2, 0.25) is 0 Å². The van der Waals surface area contributed by atoms with Crippen LogP contribution in [0.4, 0.5) is 13.9 Å². The first-order valence-electron chi connectivity index (χ1n) is 8.48. The number of benzene rings is 1. The predicted molar refractivity (Wildman–Crippen MR) is 95.1 cm³/mol. The lowest BCUT2D eigenvalue weighted by molar-refractivity contribution is -0.130. The van der Waals surface area contributed by atoms with Gasteiger partial charge in [-0.05, 0) is 44.4 Å². The third kappa shape index (κ3) is 4.84. The number of amides is 1. The molecule has 0 aliphatic carbocycles. The Kier molecular flexibility index (Phi) is 6.29. The summed E-state index contributed by atoms with van der Waals surface area (Å²) in [4.78, 5) is 16.4. The molecule has 1 N–H and O–H groups in total. The second-order valence-corrected chi connectivity index (χ2v) is 6.97. The predicted octanol–water partition coefficient (Wildman–Crippen LogP) is 4.00. The van der Waals surface area contributed by atoms with Gasteiger partial charge in [-0.25, -0.2) is 13.8 Å². The summed E-state index contributed by atoms with van der Waals surface area (Å²) >= 11 is 1.14. The molecule has 1 amide bonds. The molecular weight excluding hydrogens is 362 g/mol. The van der Waals surface area contributed by atoms with Gasteiger partial charge >= 0.3 is 0 Å². The standard InChI is InChI=1S/C18H20F2N2O3S/c1-11(25-9-13-4-2-3-7-24-13)17(23)22-18-21-16(10-26-18)14-8-12(19)5-6-15(14)20/h5-6,8,10-11,13H,2-4,7,9H2,1H3,(H,21,22,23). The van der Waals surface area contributed by atoms with Gasteiger partial charge < -0.3 is 9.47 Å². The zero-order chi connectivity index (χ0) is 18.5. The van der Waals surface area contributed by atoms with Crippen molar-refractivity contribution in [1.82, 2.24) is 4.98 Å². The Morgan fingerprint density at radius 3 is 3.08 bits per heavy atom. The lowest BCUT2D eigenvalue weighted by atomic mass is 10.1. The van der Waals surface area contributed by atoms with Crippen molar-refractivity contribution in [1.29, 1.82) is 0 Å². The molecule has 2 aromatic rings. The fourth-order valence-electron chi connectivity index (χ4n) is 2.62. The van der Waals surface area contributed by atoms with Gasteiger partial charge in [0.1, 0.15) is 17.7 Å². The third-order valence-corrected chi connectivity index (χ3v) is 4.87. The van der Waals surface area contributed by atoms with Gasteiger partial charge in [0.25, 0.3) is 5.91 Å². The number of nitrogens with one attached hydrogen (secondary N) is 1. The normalized spacial score (nSPS) is 18.5. The molecule has 2 heterocycles. The van der Waals surface area contributed by atoms with Crippen molar-refractivity contribution in [3.8, 4) is 11.3 Å². The molecule has 1 saturated heterocycles. The van der Waals surface area contributed by atoms with Gasteiger partial charge in [-0.2, -0.15) is 0 Å². The Morgan fingerprint density at radius 1 is 1.46 bits per heavy atom. The van der Waals surface area contributed by atoms with E-state index >= 15 is 0 Å². The SMILES string of the molecule is CC(OCC1CCCCO1)C(=O)Nc1nc(-c2cc(F)ccc2F)cs1. The lowest BCUT2D eigenvalue weighted by Gasteiger charge is -2.23. The number of anilines is 1. The van der Waals surface area contributed by atoms with Crippen molar-refractivity contribution in [2.45, 2.75) is 38.4 Å². The smallest absolute Gasteiger partial charge is 0.254 e. The minimum absolute atomic E-state index is 0.0291. The van der Waals surface area contributed by atoms with E-state index in [-0.39, 0.29) is 23.3 Å². The number of carbonyl (C=O) groups is 1. The number of carbonyl (C=O) groups excluding carboxylic acids is 1. The molecule has 0 bridgehead atoms. The summed E-state index contributed by atoms with van der Waals surface area (Å²) in [6.45, 7) is 2.75. The molecule has 1 aromatic heterocycles. The van der Waals surface area contributed by atoms with E-state index in [9.17, 15) is 13.6 Å². The maximum atomic E-state index is 13.8. The second kappa shape index (κ2) is 8.66. The average Bonchev–Trinajstić information content (AvgIpc) is 3.10. The molecule has 1 aromatic carbocycles. The molecule has 2 unspecified atom stereocenters. The van der Waals surface area contributed by atoms with E-state index in [4.69, 9.17) is 9.47 Å². The van der Waals surface area contributed by atoms with Crippen LogP contribution in [0.1, 0.15) is 26.2 Å². The topological polar surface area (TPSA) is 60.5 Å². The number of rotatable bonds is 6. The molecule has 26 heavy (non-hydrogen) atoms. The molecule has 1 aliphatic rings. The largest absolute Gasteiger partial charge is 0.376 e. The second-order valence-electron chi connectivity index (χ2n) is 6.12. The van der Waals surface area contributed by atoms with Crippen molar-refractivity contribution >= 4 is 22.4 Å². The van der Waals surface area contributed by atoms with E-state index in [1.54, 1.807) is 12.3 Å². The van der Waals surface area contributed by atoms with Gasteiger partial charge in [-0.1, -0.05) is 0 Å². The van der Waals surface area contributed by atoms with Crippen molar-refractivity contribution in [2.75, 3.05) is 18.5 Å². The van der Waals surface area contributed by atoms with Gasteiger partial charge in [0, 0.05) is 17.6 Å². The summed E-state index contributed by atoms with van der Waals surface area (Å²) in [7, 11) is 0. The quantitative estimate of drug-likeness (QED) is 0.820. The summed E-state index contributed by atoms with van der Waals surface area (Å²) in [5, 5.41) is 4.51. The highest BCUT2D eigenvalue weighted by molar-refractivity contribution is 7.14. The van der Waals surface area contributed by atoms with Crippen LogP contribution in [0.2, 0.25) is 0 Å². The number of ether oxygens (including phenoxy) is 2. The molecule has 0 radical (unpaired) electrons. The molecule has 2 atom stereocenters. The molecule has 5 nitrogen and oxygen atoms in total. The number of nitrogens with zero attached hydrogens (tertiary/aromatic N) is 1. The fraction of sp³-hybridized carbons (Fsp3) is 0.444. The molecular formula is C18H20F2N2O3S. The molecule has 3 rings (SSSR count). The minimum Gasteiger partial charge on any atom is -0.376 e. The molecule has 1 fully saturated rings. The summed E-state index contributed by atoms with van der Waals surface area (Å²) < 4.78 is 38.3. The monoisotopic (exact) mass is 382 g/mol. The number of thiazole rings is 1. The van der Waals surface area contributed by atoms with E-state index in [2.05, 4.69) is 10.3 Å². The Morgan fingerprint density at radius 2 is 2.31 bits per heavy atom. The summed E-state index contributed by atoms with van der Waals surface area (Å²) in [6.07, 6.45) is 2.46. The summed E-state index contributed by atoms with van der Waals surface area (Å²) in [5.74, 6) is -1.47. The van der Waals surface area contributed by atoms with Gasteiger partial charge in [-0.3, -0.25) is 10.1 Å². The van der Waals surface area contributed by atoms with Crippen LogP contribution >= 0.6 is 11.3 Å². The van der Waals surface area contributed by atoms with Gasteiger partial charge in [0.15, 0.2) is 5.13 Å². The van der Waals surface area contributed by atoms with E-state index in [0.29, 0.717) is 11.7 Å². The zero-order valence-corrected chi connectivity index (χ0v) is 15.2. The van der Waals surface area contributed by atoms with Crippen LogP contribution in [0.25, 0.3) is 11.3 Å². The van der Waals surface area contributed by atoms with Gasteiger partial charge in [-0.15, -0.1) is 11.3 Å². The van der Waals surface area contributed by atoms with Crippen LogP contribution in [-0.4, -0.2) is 36.3 Å². The van der Waals surface area contributed by atoms with Crippen molar-refractivity contribution < 1.29 is 23.0 Å². The summed E-state index contributed by atoms with van der Waals surface area (Å²) in [6, 6.07) is 3.17. The Labute approximate surface area is 154 Å². The molecule has 0 spiro atoms. The van der Waals surface area contributed by atoms with Crippen LogP contribution in [-0.2, 0) is 14.3 Å². The van der Waals surface area contributed by atoms with E-state index in [1.165, 1.54) is 0 Å². The highest BCUT2D eigenvalue weighted by Crippen LogP contribution is 2.27. The Bertz CT molecular complexity index is 763. The van der Waals surface area contributed by atoms with Crippen LogP contribution in [0.5, 0.6) is 0 Å². The van der Waals surface area contributed by atoms with Crippen molar-refractivity contribution in [3.63, 3.8) is 0 Å². The van der Waals surface area contributed by atoms with Crippen LogP contribution < -0.4 is 5.32 Å². The third-order valence-electron chi connectivity index (χ3n) is 4.11. The first kappa shape index (κ1) is 18.9. The van der Waals surface area contributed by atoms with Crippen molar-refractivity contribution in [3.05, 3.63) is 35.2 Å². The number of hydrogen-bond donors (Lipinski definition) is 1. The lowest BCUT2D eigenvalue weighted by Crippen LogP contribution is -2.32. The first-order chi connectivity index (χ1) is 12.5.